The van der Waals surface area contributed by atoms with Gasteiger partial charge in [0.1, 0.15) is 5.82 Å². The zero-order valence-corrected chi connectivity index (χ0v) is 15.2. The van der Waals surface area contributed by atoms with E-state index in [2.05, 4.69) is 46.3 Å². The van der Waals surface area contributed by atoms with Crippen LogP contribution in [-0.4, -0.2) is 41.3 Å². The largest absolute Gasteiger partial charge is 0.481 e. The first-order valence-corrected chi connectivity index (χ1v) is 8.65. The van der Waals surface area contributed by atoms with E-state index in [0.29, 0.717) is 28.9 Å². The van der Waals surface area contributed by atoms with Crippen LogP contribution >= 0.6 is 12.2 Å². The van der Waals surface area contributed by atoms with E-state index in [-0.39, 0.29) is 0 Å². The summed E-state index contributed by atoms with van der Waals surface area (Å²) in [5.41, 5.74) is 0. The van der Waals surface area contributed by atoms with Crippen LogP contribution in [0.25, 0.3) is 0 Å². The molecule has 1 aromatic heterocycles. The van der Waals surface area contributed by atoms with Gasteiger partial charge in [0.25, 0.3) is 0 Å². The summed E-state index contributed by atoms with van der Waals surface area (Å²) < 4.78 is 5.32. The summed E-state index contributed by atoms with van der Waals surface area (Å²) in [4.78, 5) is 11.3. The van der Waals surface area contributed by atoms with Gasteiger partial charge in [-0.2, -0.15) is 9.97 Å². The first kappa shape index (κ1) is 17.7. The highest BCUT2D eigenvalue weighted by molar-refractivity contribution is 7.80. The molecule has 7 heteroatoms. The number of ether oxygens (including phenoxy) is 1. The minimum absolute atomic E-state index is 0.471. The minimum atomic E-state index is 0.471. The number of methoxy groups -OCH3 is 1. The molecule has 2 N–H and O–H groups in total. The Morgan fingerprint density at radius 3 is 2.87 bits per heavy atom. The van der Waals surface area contributed by atoms with Gasteiger partial charge in [0.15, 0.2) is 5.11 Å². The van der Waals surface area contributed by atoms with Crippen molar-refractivity contribution in [2.45, 2.75) is 46.1 Å². The maximum Gasteiger partial charge on any atom is 0.234 e. The lowest BCUT2D eigenvalue weighted by Gasteiger charge is -2.34. The summed E-state index contributed by atoms with van der Waals surface area (Å²) in [6.45, 7) is 8.32. The zero-order chi connectivity index (χ0) is 16.8. The molecule has 2 rings (SSSR count). The molecular weight excluding hydrogens is 310 g/mol. The minimum Gasteiger partial charge on any atom is -0.481 e. The summed E-state index contributed by atoms with van der Waals surface area (Å²) >= 11 is 5.30. The van der Waals surface area contributed by atoms with E-state index in [0.717, 1.165) is 18.9 Å². The molecule has 1 atom stereocenters. The molecule has 1 fully saturated rings. The number of nitrogens with zero attached hydrogens (tertiary/aromatic N) is 3. The Morgan fingerprint density at radius 1 is 1.43 bits per heavy atom. The van der Waals surface area contributed by atoms with E-state index in [4.69, 9.17) is 17.0 Å². The van der Waals surface area contributed by atoms with Gasteiger partial charge in [-0.15, -0.1) is 0 Å². The van der Waals surface area contributed by atoms with Crippen LogP contribution in [0.5, 0.6) is 5.88 Å². The van der Waals surface area contributed by atoms with Crippen molar-refractivity contribution in [1.82, 2.24) is 15.3 Å². The normalized spacial score (nSPS) is 18.0. The molecule has 0 unspecified atom stereocenters. The molecule has 23 heavy (non-hydrogen) atoms. The van der Waals surface area contributed by atoms with Gasteiger partial charge in [0.05, 0.1) is 7.11 Å². The Kier molecular flexibility index (Phi) is 6.38. The van der Waals surface area contributed by atoms with Crippen LogP contribution in [0.3, 0.4) is 0 Å². The molecule has 0 aliphatic carbocycles. The quantitative estimate of drug-likeness (QED) is 0.801. The van der Waals surface area contributed by atoms with Gasteiger partial charge >= 0.3 is 0 Å². The number of thiocarbonyl (C=S) groups is 1. The Labute approximate surface area is 144 Å². The third-order valence-electron chi connectivity index (χ3n) is 3.89. The van der Waals surface area contributed by atoms with E-state index < -0.39 is 0 Å². The molecule has 1 saturated heterocycles. The van der Waals surface area contributed by atoms with Crippen LogP contribution in [-0.2, 0) is 0 Å². The molecule has 0 aromatic carbocycles. The molecule has 1 aliphatic heterocycles. The summed E-state index contributed by atoms with van der Waals surface area (Å²) in [5, 5.41) is 6.75. The fraction of sp³-hybridized carbons (Fsp3) is 0.688. The lowest BCUT2D eigenvalue weighted by molar-refractivity contribution is 0.396. The molecule has 0 spiro atoms. The number of aromatic nitrogens is 2. The van der Waals surface area contributed by atoms with Crippen molar-refractivity contribution in [3.63, 3.8) is 0 Å². The Bertz CT molecular complexity index is 537. The topological polar surface area (TPSA) is 62.3 Å². The number of hydrogen-bond acceptors (Lipinski definition) is 5. The van der Waals surface area contributed by atoms with Crippen LogP contribution in [0.2, 0.25) is 0 Å². The van der Waals surface area contributed by atoms with Crippen molar-refractivity contribution in [1.29, 1.82) is 0 Å². The summed E-state index contributed by atoms with van der Waals surface area (Å²) in [6.07, 6.45) is 3.64. The predicted molar refractivity (Wildman–Crippen MR) is 98.3 cm³/mol. The Hall–Kier alpha value is -1.63. The molecule has 0 bridgehead atoms. The molecule has 2 heterocycles. The lowest BCUT2D eigenvalue weighted by atomic mass is 10.0. The van der Waals surface area contributed by atoms with Gasteiger partial charge < -0.3 is 20.3 Å². The van der Waals surface area contributed by atoms with Crippen molar-refractivity contribution in [3.8, 4) is 5.88 Å². The average molecular weight is 337 g/mol. The van der Waals surface area contributed by atoms with Crippen molar-refractivity contribution in [3.05, 3.63) is 6.07 Å². The highest BCUT2D eigenvalue weighted by Gasteiger charge is 2.21. The van der Waals surface area contributed by atoms with E-state index in [1.54, 1.807) is 7.11 Å². The maximum absolute atomic E-state index is 5.32. The molecule has 0 radical (unpaired) electrons. The van der Waals surface area contributed by atoms with Crippen molar-refractivity contribution >= 4 is 29.1 Å². The second-order valence-electron chi connectivity index (χ2n) is 6.36. The van der Waals surface area contributed by atoms with Gasteiger partial charge in [-0.1, -0.05) is 13.8 Å². The highest BCUT2D eigenvalue weighted by Crippen LogP contribution is 2.26. The number of piperidine rings is 1. The molecule has 1 aromatic rings. The van der Waals surface area contributed by atoms with Crippen molar-refractivity contribution in [2.24, 2.45) is 5.92 Å². The predicted octanol–water partition coefficient (Wildman–Crippen LogP) is 2.81. The molecule has 128 valence electrons. The molecule has 0 amide bonds. The van der Waals surface area contributed by atoms with Gasteiger partial charge in [0, 0.05) is 25.2 Å². The van der Waals surface area contributed by atoms with Crippen LogP contribution in [0.1, 0.15) is 40.0 Å². The van der Waals surface area contributed by atoms with Crippen LogP contribution < -0.4 is 20.3 Å². The SMILES string of the molecule is COc1cc(N2CCCC[C@H]2C)nc(NC(=S)NCC(C)C)n1. The standard InChI is InChI=1S/C16H27N5OS/c1-11(2)10-17-16(23)20-15-18-13(9-14(19-15)22-4)21-8-6-5-7-12(21)3/h9,11-12H,5-8,10H2,1-4H3,(H2,17,18,19,20,23)/t12-/m1/s1. The third kappa shape index (κ3) is 5.20. The molecule has 1 aliphatic rings. The molecule has 6 nitrogen and oxygen atoms in total. The van der Waals surface area contributed by atoms with Crippen LogP contribution in [0, 0.1) is 5.92 Å². The van der Waals surface area contributed by atoms with E-state index in [1.807, 2.05) is 6.07 Å². The maximum atomic E-state index is 5.32. The number of rotatable bonds is 5. The fourth-order valence-electron chi connectivity index (χ4n) is 2.60. The summed E-state index contributed by atoms with van der Waals surface area (Å²) in [6, 6.07) is 2.36. The van der Waals surface area contributed by atoms with Gasteiger partial charge in [0.2, 0.25) is 11.8 Å². The first-order valence-electron chi connectivity index (χ1n) is 8.24. The number of nitrogens with one attached hydrogen (secondary N) is 2. The van der Waals surface area contributed by atoms with E-state index in [9.17, 15) is 0 Å². The lowest BCUT2D eigenvalue weighted by Crippen LogP contribution is -2.38. The van der Waals surface area contributed by atoms with Crippen LogP contribution in [0.4, 0.5) is 11.8 Å². The monoisotopic (exact) mass is 337 g/mol. The van der Waals surface area contributed by atoms with Crippen LogP contribution in [0.15, 0.2) is 6.07 Å². The molecule has 0 saturated carbocycles. The number of anilines is 2. The van der Waals surface area contributed by atoms with Crippen molar-refractivity contribution < 1.29 is 4.74 Å². The summed E-state index contributed by atoms with van der Waals surface area (Å²) in [5.74, 6) is 2.42. The third-order valence-corrected chi connectivity index (χ3v) is 4.14. The Balaban J connectivity index is 2.13. The van der Waals surface area contributed by atoms with Gasteiger partial charge in [-0.3, -0.25) is 0 Å². The zero-order valence-electron chi connectivity index (χ0n) is 14.4. The fourth-order valence-corrected chi connectivity index (χ4v) is 2.78. The number of hydrogen-bond donors (Lipinski definition) is 2. The average Bonchev–Trinajstić information content (AvgIpc) is 2.53. The second-order valence-corrected chi connectivity index (χ2v) is 6.77. The summed E-state index contributed by atoms with van der Waals surface area (Å²) in [7, 11) is 1.62. The first-order chi connectivity index (χ1) is 11.0. The van der Waals surface area contributed by atoms with Gasteiger partial charge in [-0.25, -0.2) is 0 Å². The van der Waals surface area contributed by atoms with E-state index >= 15 is 0 Å². The van der Waals surface area contributed by atoms with Gasteiger partial charge in [-0.05, 0) is 44.3 Å². The Morgan fingerprint density at radius 2 is 2.22 bits per heavy atom. The highest BCUT2D eigenvalue weighted by atomic mass is 32.1. The second kappa shape index (κ2) is 8.29. The smallest absolute Gasteiger partial charge is 0.234 e. The molecular formula is C16H27N5OS. The van der Waals surface area contributed by atoms with Crippen molar-refractivity contribution in [2.75, 3.05) is 30.4 Å². The van der Waals surface area contributed by atoms with E-state index in [1.165, 1.54) is 19.3 Å².